The van der Waals surface area contributed by atoms with E-state index in [1.807, 2.05) is 49.5 Å². The fourth-order valence-electron chi connectivity index (χ4n) is 3.17. The van der Waals surface area contributed by atoms with Crippen molar-refractivity contribution >= 4 is 16.8 Å². The Bertz CT molecular complexity index is 1050. The number of benzene rings is 1. The Kier molecular flexibility index (Phi) is 6.74. The van der Waals surface area contributed by atoms with Gasteiger partial charge in [0.25, 0.3) is 5.56 Å². The van der Waals surface area contributed by atoms with Gasteiger partial charge in [-0.1, -0.05) is 12.1 Å². The summed E-state index contributed by atoms with van der Waals surface area (Å²) in [5.74, 6) is -0.457. The molecule has 0 saturated heterocycles. The van der Waals surface area contributed by atoms with Crippen LogP contribution < -0.4 is 16.6 Å². The van der Waals surface area contributed by atoms with E-state index in [2.05, 4.69) is 10.3 Å². The van der Waals surface area contributed by atoms with Crippen molar-refractivity contribution in [3.8, 4) is 11.1 Å². The Morgan fingerprint density at radius 1 is 1.28 bits per heavy atom. The van der Waals surface area contributed by atoms with E-state index < -0.39 is 11.9 Å². The number of nitrogens with two attached hydrogens (primary N) is 1. The SMILES string of the molecule is CCOCCn1c(=O)c(CN[C@@H](C)C(N)=O)cc2cc(-c3cccnc3)ccc21. The van der Waals surface area contributed by atoms with Crippen LogP contribution in [-0.2, 0) is 22.6 Å². The van der Waals surface area contributed by atoms with Crippen molar-refractivity contribution in [2.45, 2.75) is 33.0 Å². The van der Waals surface area contributed by atoms with E-state index in [1.165, 1.54) is 0 Å². The molecule has 0 radical (unpaired) electrons. The molecule has 0 spiro atoms. The molecule has 29 heavy (non-hydrogen) atoms. The van der Waals surface area contributed by atoms with Crippen molar-refractivity contribution in [3.63, 3.8) is 0 Å². The normalized spacial score (nSPS) is 12.2. The molecule has 2 heterocycles. The number of carbonyl (C=O) groups is 1. The van der Waals surface area contributed by atoms with E-state index in [-0.39, 0.29) is 12.1 Å². The molecule has 3 rings (SSSR count). The summed E-state index contributed by atoms with van der Waals surface area (Å²) in [5.41, 5.74) is 8.65. The first-order chi connectivity index (χ1) is 14.0. The molecule has 0 unspecified atom stereocenters. The topological polar surface area (TPSA) is 99.2 Å². The van der Waals surface area contributed by atoms with Crippen molar-refractivity contribution in [1.82, 2.24) is 14.9 Å². The monoisotopic (exact) mass is 394 g/mol. The van der Waals surface area contributed by atoms with Crippen LogP contribution in [0, 0.1) is 0 Å². The number of nitrogens with zero attached hydrogens (tertiary/aromatic N) is 2. The van der Waals surface area contributed by atoms with Gasteiger partial charge in [0, 0.05) is 43.2 Å². The lowest BCUT2D eigenvalue weighted by Crippen LogP contribution is -2.39. The summed E-state index contributed by atoms with van der Waals surface area (Å²) in [6, 6.07) is 11.2. The van der Waals surface area contributed by atoms with Crippen LogP contribution in [0.5, 0.6) is 0 Å². The maximum atomic E-state index is 13.1. The number of nitrogens with one attached hydrogen (secondary N) is 1. The molecule has 0 aliphatic heterocycles. The second-order valence-electron chi connectivity index (χ2n) is 6.84. The molecule has 1 aromatic carbocycles. The molecule has 0 bridgehead atoms. The molecule has 7 nitrogen and oxygen atoms in total. The molecule has 152 valence electrons. The number of aromatic nitrogens is 2. The van der Waals surface area contributed by atoms with Crippen LogP contribution in [0.25, 0.3) is 22.0 Å². The van der Waals surface area contributed by atoms with Crippen LogP contribution in [0.2, 0.25) is 0 Å². The second kappa shape index (κ2) is 9.45. The Morgan fingerprint density at radius 2 is 2.10 bits per heavy atom. The molecule has 1 amide bonds. The standard InChI is InChI=1S/C22H26N4O3/c1-3-29-10-9-26-20-7-6-16(17-5-4-8-24-13-17)11-18(20)12-19(22(26)28)14-25-15(2)21(23)27/h4-8,11-13,15,25H,3,9-10,14H2,1-2H3,(H2,23,27)/t15-/m0/s1. The van der Waals surface area contributed by atoms with Gasteiger partial charge in [0.1, 0.15) is 0 Å². The summed E-state index contributed by atoms with van der Waals surface area (Å²) >= 11 is 0. The lowest BCUT2D eigenvalue weighted by molar-refractivity contribution is -0.119. The fourth-order valence-corrected chi connectivity index (χ4v) is 3.17. The van der Waals surface area contributed by atoms with E-state index in [0.717, 1.165) is 22.0 Å². The van der Waals surface area contributed by atoms with Crippen molar-refractivity contribution in [1.29, 1.82) is 0 Å². The Labute approximate surface area is 169 Å². The van der Waals surface area contributed by atoms with Crippen LogP contribution in [0.1, 0.15) is 19.4 Å². The molecule has 0 saturated carbocycles. The second-order valence-corrected chi connectivity index (χ2v) is 6.84. The average Bonchev–Trinajstić information content (AvgIpc) is 2.74. The predicted octanol–water partition coefficient (Wildman–Crippen LogP) is 2.06. The van der Waals surface area contributed by atoms with Gasteiger partial charge < -0.3 is 20.4 Å². The van der Waals surface area contributed by atoms with E-state index in [0.29, 0.717) is 25.3 Å². The zero-order chi connectivity index (χ0) is 20.8. The highest BCUT2D eigenvalue weighted by Crippen LogP contribution is 2.24. The molecular weight excluding hydrogens is 368 g/mol. The van der Waals surface area contributed by atoms with Gasteiger partial charge in [-0.15, -0.1) is 0 Å². The highest BCUT2D eigenvalue weighted by Gasteiger charge is 2.13. The fraction of sp³-hybridized carbons (Fsp3) is 0.318. The molecule has 3 N–H and O–H groups in total. The van der Waals surface area contributed by atoms with Gasteiger partial charge in [-0.05, 0) is 49.1 Å². The first-order valence-corrected chi connectivity index (χ1v) is 9.68. The van der Waals surface area contributed by atoms with Crippen molar-refractivity contribution in [3.05, 3.63) is 64.7 Å². The van der Waals surface area contributed by atoms with Gasteiger partial charge in [0.15, 0.2) is 0 Å². The van der Waals surface area contributed by atoms with E-state index >= 15 is 0 Å². The summed E-state index contributed by atoms with van der Waals surface area (Å²) in [6.45, 7) is 5.35. The van der Waals surface area contributed by atoms with Gasteiger partial charge in [0.2, 0.25) is 5.91 Å². The molecule has 0 aliphatic rings. The van der Waals surface area contributed by atoms with Gasteiger partial charge in [-0.2, -0.15) is 0 Å². The third kappa shape index (κ3) is 4.88. The first kappa shape index (κ1) is 20.7. The summed E-state index contributed by atoms with van der Waals surface area (Å²) < 4.78 is 7.19. The molecule has 7 heteroatoms. The van der Waals surface area contributed by atoms with E-state index in [9.17, 15) is 9.59 Å². The molecule has 0 aliphatic carbocycles. The number of rotatable bonds is 9. The molecular formula is C22H26N4O3. The summed E-state index contributed by atoms with van der Waals surface area (Å²) in [5, 5.41) is 3.95. The lowest BCUT2D eigenvalue weighted by Gasteiger charge is -2.15. The van der Waals surface area contributed by atoms with Gasteiger partial charge >= 0.3 is 0 Å². The highest BCUT2D eigenvalue weighted by molar-refractivity contribution is 5.85. The van der Waals surface area contributed by atoms with Gasteiger partial charge in [-0.3, -0.25) is 14.6 Å². The molecule has 3 aromatic rings. The molecule has 2 aromatic heterocycles. The van der Waals surface area contributed by atoms with Gasteiger partial charge in [-0.25, -0.2) is 0 Å². The summed E-state index contributed by atoms with van der Waals surface area (Å²) in [6.07, 6.45) is 3.54. The number of pyridine rings is 2. The van der Waals surface area contributed by atoms with Gasteiger partial charge in [0.05, 0.1) is 18.2 Å². The zero-order valence-electron chi connectivity index (χ0n) is 16.7. The highest BCUT2D eigenvalue weighted by atomic mass is 16.5. The molecule has 0 fully saturated rings. The van der Waals surface area contributed by atoms with E-state index in [1.54, 1.807) is 17.7 Å². The number of amides is 1. The molecule has 1 atom stereocenters. The van der Waals surface area contributed by atoms with Crippen LogP contribution >= 0.6 is 0 Å². The predicted molar refractivity (Wildman–Crippen MR) is 113 cm³/mol. The number of ether oxygens (including phenoxy) is 1. The third-order valence-corrected chi connectivity index (χ3v) is 4.85. The number of carbonyl (C=O) groups excluding carboxylic acids is 1. The van der Waals surface area contributed by atoms with Crippen LogP contribution in [-0.4, -0.2) is 34.7 Å². The Balaban J connectivity index is 2.05. The minimum Gasteiger partial charge on any atom is -0.380 e. The summed E-state index contributed by atoms with van der Waals surface area (Å²) in [7, 11) is 0. The maximum Gasteiger partial charge on any atom is 0.255 e. The minimum atomic E-state index is -0.524. The first-order valence-electron chi connectivity index (χ1n) is 9.68. The van der Waals surface area contributed by atoms with Crippen LogP contribution in [0.4, 0.5) is 0 Å². The van der Waals surface area contributed by atoms with Crippen molar-refractivity contribution < 1.29 is 9.53 Å². The smallest absolute Gasteiger partial charge is 0.255 e. The van der Waals surface area contributed by atoms with Crippen molar-refractivity contribution in [2.75, 3.05) is 13.2 Å². The zero-order valence-corrected chi connectivity index (χ0v) is 16.7. The largest absolute Gasteiger partial charge is 0.380 e. The minimum absolute atomic E-state index is 0.101. The lowest BCUT2D eigenvalue weighted by atomic mass is 10.0. The number of fused-ring (bicyclic) bond motifs is 1. The van der Waals surface area contributed by atoms with Crippen molar-refractivity contribution in [2.24, 2.45) is 5.73 Å². The number of primary amides is 1. The summed E-state index contributed by atoms with van der Waals surface area (Å²) in [4.78, 5) is 28.6. The van der Waals surface area contributed by atoms with E-state index in [4.69, 9.17) is 10.5 Å². The third-order valence-electron chi connectivity index (χ3n) is 4.85. The van der Waals surface area contributed by atoms with Crippen LogP contribution in [0.3, 0.4) is 0 Å². The average molecular weight is 394 g/mol. The Hall–Kier alpha value is -3.03. The maximum absolute atomic E-state index is 13.1. The van der Waals surface area contributed by atoms with Crippen LogP contribution in [0.15, 0.2) is 53.6 Å². The quantitative estimate of drug-likeness (QED) is 0.541. The Morgan fingerprint density at radius 3 is 2.79 bits per heavy atom. The number of hydrogen-bond acceptors (Lipinski definition) is 5. The number of hydrogen-bond donors (Lipinski definition) is 2.